The van der Waals surface area contributed by atoms with Crippen LogP contribution in [0.2, 0.25) is 0 Å². The number of carbonyl (C=O) groups excluding carboxylic acids is 1. The maximum absolute atomic E-state index is 12.0. The zero-order valence-corrected chi connectivity index (χ0v) is 12.1. The second-order valence-corrected chi connectivity index (χ2v) is 6.62. The number of hydrogen-bond acceptors (Lipinski definition) is 4. The lowest BCUT2D eigenvalue weighted by Gasteiger charge is -2.35. The molecule has 1 saturated carbocycles. The lowest BCUT2D eigenvalue weighted by atomic mass is 9.79. The topological polar surface area (TPSA) is 75.3 Å². The van der Waals surface area contributed by atoms with E-state index in [4.69, 9.17) is 5.73 Å². The van der Waals surface area contributed by atoms with Gasteiger partial charge in [0.15, 0.2) is 0 Å². The molecule has 4 N–H and O–H groups in total. The first-order valence-corrected chi connectivity index (χ1v) is 7.67. The van der Waals surface area contributed by atoms with Crippen molar-refractivity contribution in [2.75, 3.05) is 6.54 Å². The van der Waals surface area contributed by atoms with E-state index in [1.54, 1.807) is 0 Å². The quantitative estimate of drug-likeness (QED) is 0.788. The first-order chi connectivity index (χ1) is 9.00. The maximum Gasteiger partial charge on any atom is 0.242 e. The van der Waals surface area contributed by atoms with Gasteiger partial charge in [-0.2, -0.15) is 0 Å². The summed E-state index contributed by atoms with van der Waals surface area (Å²) in [6.07, 6.45) is 3.68. The summed E-state index contributed by atoms with van der Waals surface area (Å²) in [6.45, 7) is 2.44. The molecular weight excluding hydrogens is 260 g/mol. The molecule has 1 aromatic rings. The Morgan fingerprint density at radius 2 is 2.53 bits per heavy atom. The third-order valence-electron chi connectivity index (χ3n) is 3.79. The normalized spacial score (nSPS) is 28.9. The molecule has 1 aliphatic rings. The maximum atomic E-state index is 12.0. The average molecular weight is 282 g/mol. The predicted molar refractivity (Wildman–Crippen MR) is 76.8 cm³/mol. The van der Waals surface area contributed by atoms with Gasteiger partial charge in [-0.25, -0.2) is 0 Å². The Hall–Kier alpha value is -0.910. The molecule has 3 atom stereocenters. The van der Waals surface area contributed by atoms with Crippen molar-refractivity contribution in [3.8, 4) is 0 Å². The molecule has 2 rings (SSSR count). The molecule has 0 aromatic carbocycles. The number of hydrogen-bond donors (Lipinski definition) is 3. The summed E-state index contributed by atoms with van der Waals surface area (Å²) >= 11 is 1.47. The van der Waals surface area contributed by atoms with Gasteiger partial charge in [-0.05, 0) is 30.2 Å². The van der Waals surface area contributed by atoms with Gasteiger partial charge in [0, 0.05) is 11.4 Å². The van der Waals surface area contributed by atoms with Crippen LogP contribution in [0, 0.1) is 5.92 Å². The summed E-state index contributed by atoms with van der Waals surface area (Å²) in [6, 6.07) is 3.10. The number of thiophene rings is 1. The van der Waals surface area contributed by atoms with Gasteiger partial charge in [0.05, 0.1) is 5.60 Å². The number of rotatable bonds is 4. The fourth-order valence-electron chi connectivity index (χ4n) is 2.75. The van der Waals surface area contributed by atoms with Crippen LogP contribution in [0.5, 0.6) is 0 Å². The number of nitrogens with one attached hydrogen (secondary N) is 1. The van der Waals surface area contributed by atoms with Crippen LogP contribution < -0.4 is 11.1 Å². The largest absolute Gasteiger partial charge is 0.388 e. The van der Waals surface area contributed by atoms with Crippen molar-refractivity contribution in [2.45, 2.75) is 44.2 Å². The molecule has 0 spiro atoms. The van der Waals surface area contributed by atoms with E-state index >= 15 is 0 Å². The first-order valence-electron chi connectivity index (χ1n) is 6.79. The Balaban J connectivity index is 1.86. The smallest absolute Gasteiger partial charge is 0.242 e. The first kappa shape index (κ1) is 14.5. The van der Waals surface area contributed by atoms with Crippen molar-refractivity contribution in [3.05, 3.63) is 22.4 Å². The minimum atomic E-state index is -0.761. The van der Waals surface area contributed by atoms with Crippen molar-refractivity contribution in [1.82, 2.24) is 5.32 Å². The van der Waals surface area contributed by atoms with E-state index in [1.807, 2.05) is 17.5 Å². The standard InChI is InChI=1S/C14H22N2O2S/c1-10-4-2-6-14(18,8-10)9-16-13(17)12(15)11-5-3-7-19-11/h3,5,7,10,12,18H,2,4,6,8-9,15H2,1H3,(H,16,17). The molecular formula is C14H22N2O2S. The molecule has 5 heteroatoms. The van der Waals surface area contributed by atoms with E-state index in [0.717, 1.165) is 30.6 Å². The minimum Gasteiger partial charge on any atom is -0.388 e. The van der Waals surface area contributed by atoms with E-state index in [0.29, 0.717) is 12.5 Å². The summed E-state index contributed by atoms with van der Waals surface area (Å²) < 4.78 is 0. The third kappa shape index (κ3) is 3.78. The molecule has 106 valence electrons. The molecule has 4 nitrogen and oxygen atoms in total. The zero-order chi connectivity index (χ0) is 13.9. The highest BCUT2D eigenvalue weighted by Crippen LogP contribution is 2.31. The number of nitrogens with two attached hydrogens (primary N) is 1. The molecule has 19 heavy (non-hydrogen) atoms. The highest BCUT2D eigenvalue weighted by atomic mass is 32.1. The molecule has 1 heterocycles. The number of carbonyl (C=O) groups is 1. The van der Waals surface area contributed by atoms with E-state index in [9.17, 15) is 9.90 Å². The lowest BCUT2D eigenvalue weighted by molar-refractivity contribution is -0.124. The molecule has 1 aliphatic carbocycles. The number of aliphatic hydroxyl groups is 1. The summed E-state index contributed by atoms with van der Waals surface area (Å²) in [4.78, 5) is 12.8. The Morgan fingerprint density at radius 1 is 1.74 bits per heavy atom. The van der Waals surface area contributed by atoms with Crippen molar-refractivity contribution >= 4 is 17.2 Å². The van der Waals surface area contributed by atoms with Crippen LogP contribution in [0.25, 0.3) is 0 Å². The van der Waals surface area contributed by atoms with Gasteiger partial charge in [-0.15, -0.1) is 11.3 Å². The van der Waals surface area contributed by atoms with Gasteiger partial charge in [0.2, 0.25) is 5.91 Å². The van der Waals surface area contributed by atoms with Crippen molar-refractivity contribution in [1.29, 1.82) is 0 Å². The molecule has 1 amide bonds. The minimum absolute atomic E-state index is 0.214. The van der Waals surface area contributed by atoms with Gasteiger partial charge >= 0.3 is 0 Å². The van der Waals surface area contributed by atoms with Crippen LogP contribution in [0.15, 0.2) is 17.5 Å². The van der Waals surface area contributed by atoms with Gasteiger partial charge < -0.3 is 16.2 Å². The zero-order valence-electron chi connectivity index (χ0n) is 11.3. The molecule has 3 unspecified atom stereocenters. The lowest BCUT2D eigenvalue weighted by Crippen LogP contribution is -2.47. The van der Waals surface area contributed by atoms with Crippen molar-refractivity contribution in [2.24, 2.45) is 11.7 Å². The predicted octanol–water partition coefficient (Wildman–Crippen LogP) is 1.81. The van der Waals surface area contributed by atoms with E-state index < -0.39 is 11.6 Å². The number of amides is 1. The van der Waals surface area contributed by atoms with Gasteiger partial charge in [0.1, 0.15) is 6.04 Å². The average Bonchev–Trinajstić information content (AvgIpc) is 2.88. The second kappa shape index (κ2) is 6.03. The van der Waals surface area contributed by atoms with E-state index in [-0.39, 0.29) is 5.91 Å². The van der Waals surface area contributed by atoms with Gasteiger partial charge in [-0.3, -0.25) is 4.79 Å². The van der Waals surface area contributed by atoms with Crippen LogP contribution in [0.1, 0.15) is 43.5 Å². The van der Waals surface area contributed by atoms with Crippen LogP contribution in [0.3, 0.4) is 0 Å². The van der Waals surface area contributed by atoms with E-state index in [1.165, 1.54) is 11.3 Å². The van der Waals surface area contributed by atoms with Gasteiger partial charge in [-0.1, -0.05) is 25.8 Å². The summed E-state index contributed by atoms with van der Waals surface area (Å²) in [7, 11) is 0. The fraction of sp³-hybridized carbons (Fsp3) is 0.643. The Bertz CT molecular complexity index is 421. The Morgan fingerprint density at radius 3 is 3.16 bits per heavy atom. The summed E-state index contributed by atoms with van der Waals surface area (Å²) in [5, 5.41) is 15.1. The summed E-state index contributed by atoms with van der Waals surface area (Å²) in [5.41, 5.74) is 5.12. The van der Waals surface area contributed by atoms with Crippen LogP contribution in [-0.2, 0) is 4.79 Å². The molecule has 0 saturated heterocycles. The van der Waals surface area contributed by atoms with Crippen LogP contribution >= 0.6 is 11.3 Å². The Labute approximate surface area is 118 Å². The van der Waals surface area contributed by atoms with Crippen molar-refractivity contribution in [3.63, 3.8) is 0 Å². The third-order valence-corrected chi connectivity index (χ3v) is 4.75. The van der Waals surface area contributed by atoms with Crippen LogP contribution in [-0.4, -0.2) is 23.2 Å². The molecule has 1 aromatic heterocycles. The van der Waals surface area contributed by atoms with Gasteiger partial charge in [0.25, 0.3) is 0 Å². The SMILES string of the molecule is CC1CCCC(O)(CNC(=O)C(N)c2cccs2)C1. The highest BCUT2D eigenvalue weighted by molar-refractivity contribution is 7.10. The van der Waals surface area contributed by atoms with E-state index in [2.05, 4.69) is 12.2 Å². The second-order valence-electron chi connectivity index (χ2n) is 5.64. The fourth-order valence-corrected chi connectivity index (χ4v) is 3.48. The summed E-state index contributed by atoms with van der Waals surface area (Å²) in [5.74, 6) is 0.302. The molecule has 0 radical (unpaired) electrons. The Kier molecular flexibility index (Phi) is 4.60. The molecule has 1 fully saturated rings. The monoisotopic (exact) mass is 282 g/mol. The van der Waals surface area contributed by atoms with Crippen LogP contribution in [0.4, 0.5) is 0 Å². The molecule has 0 aliphatic heterocycles. The molecule has 0 bridgehead atoms. The highest BCUT2D eigenvalue weighted by Gasteiger charge is 2.33. The van der Waals surface area contributed by atoms with Crippen molar-refractivity contribution < 1.29 is 9.90 Å².